The van der Waals surface area contributed by atoms with Crippen LogP contribution in [0.25, 0.3) is 148 Å². The maximum absolute atomic E-state index is 10.1. The lowest BCUT2D eigenvalue weighted by Gasteiger charge is -2.19. The van der Waals surface area contributed by atoms with Crippen LogP contribution in [-0.4, -0.2) is 19.1 Å². The first-order valence-electron chi connectivity index (χ1n) is 25.4. The number of para-hydroxylation sites is 4. The summed E-state index contributed by atoms with van der Waals surface area (Å²) >= 11 is 0. The maximum Gasteiger partial charge on any atom is 0.188 e. The van der Waals surface area contributed by atoms with E-state index in [1.807, 2.05) is 36.4 Å². The van der Waals surface area contributed by atoms with E-state index in [1.165, 1.54) is 0 Å². The van der Waals surface area contributed by atoms with E-state index in [0.29, 0.717) is 11.3 Å². The van der Waals surface area contributed by atoms with Gasteiger partial charge in [0.05, 0.1) is 62.7 Å². The minimum atomic E-state index is 0.610. The van der Waals surface area contributed by atoms with Crippen LogP contribution in [0.3, 0.4) is 0 Å². The van der Waals surface area contributed by atoms with Gasteiger partial charge < -0.3 is 9.13 Å². The Labute approximate surface area is 436 Å². The highest BCUT2D eigenvalue weighted by molar-refractivity contribution is 6.23. The molecule has 0 aliphatic rings. The summed E-state index contributed by atoms with van der Waals surface area (Å²) in [5.41, 5.74) is 17.6. The van der Waals surface area contributed by atoms with E-state index in [4.69, 9.17) is 16.5 Å². The number of hydrogen-bond donors (Lipinski definition) is 0. The summed E-state index contributed by atoms with van der Waals surface area (Å²) in [5, 5.41) is 20.7. The summed E-state index contributed by atoms with van der Waals surface area (Å²) in [4.78, 5) is 14.7. The average molecular weight is 965 g/mol. The molecule has 0 radical (unpaired) electrons. The standard InChI is InChI=1S/C70H40N6/c1-72-50-27-35-68-58(41-50)57-38-49(26-34-67(57)76(68)52-16-6-3-7-17-52)47-22-29-54-60(40-47)70(64-31-24-45-13-9-11-19-62(45)74-64)53-28-21-46(39-59(53)69(54)63-30-23-44-12-8-10-18-61(44)73-63)48-25-33-66-56(37-48)55-36-43(42-71)20-32-65(55)75(66)51-14-4-2-5-15-51/h2-41H. The van der Waals surface area contributed by atoms with Crippen molar-refractivity contribution in [3.8, 4) is 62.2 Å². The minimum absolute atomic E-state index is 0.610. The van der Waals surface area contributed by atoms with Gasteiger partial charge in [-0.1, -0.05) is 127 Å². The highest BCUT2D eigenvalue weighted by atomic mass is 15.0. The lowest BCUT2D eigenvalue weighted by molar-refractivity contribution is 1.18. The van der Waals surface area contributed by atoms with Gasteiger partial charge in [0.2, 0.25) is 0 Å². The second-order valence-electron chi connectivity index (χ2n) is 19.5. The summed E-state index contributed by atoms with van der Waals surface area (Å²) < 4.78 is 4.58. The molecule has 350 valence electrons. The second kappa shape index (κ2) is 17.0. The SMILES string of the molecule is [C-]#[N+]c1ccc2c(c1)c1cc(-c3ccc4c(-c5ccc6ccccc6n5)c5cc(-c6ccc7c(c6)c6cc(C#N)ccc6n7-c6ccccc6)ccc5c(-c5ccc6ccccc6n5)c4c3)ccc1n2-c1ccccc1. The van der Waals surface area contributed by atoms with Crippen molar-refractivity contribution in [2.75, 3.05) is 0 Å². The first-order valence-corrected chi connectivity index (χ1v) is 25.4. The van der Waals surface area contributed by atoms with Crippen LogP contribution < -0.4 is 0 Å². The van der Waals surface area contributed by atoms with Gasteiger partial charge >= 0.3 is 0 Å². The van der Waals surface area contributed by atoms with E-state index < -0.39 is 0 Å². The summed E-state index contributed by atoms with van der Waals surface area (Å²) in [6.45, 7) is 7.91. The Bertz CT molecular complexity index is 4700. The Hall–Kier alpha value is -10.7. The van der Waals surface area contributed by atoms with Gasteiger partial charge in [-0.3, -0.25) is 0 Å². The van der Waals surface area contributed by atoms with Gasteiger partial charge in [-0.2, -0.15) is 5.26 Å². The molecule has 0 amide bonds. The quantitative estimate of drug-likeness (QED) is 0.123. The third-order valence-corrected chi connectivity index (χ3v) is 15.3. The molecule has 0 N–H and O–H groups in total. The monoisotopic (exact) mass is 964 g/mol. The zero-order chi connectivity index (χ0) is 50.4. The molecule has 0 atom stereocenters. The molecule has 15 aromatic rings. The predicted octanol–water partition coefficient (Wildman–Crippen LogP) is 18.4. The number of nitriles is 1. The van der Waals surface area contributed by atoms with Crippen molar-refractivity contribution >= 4 is 92.6 Å². The number of aromatic nitrogens is 4. The predicted molar refractivity (Wildman–Crippen MR) is 313 cm³/mol. The molecule has 0 saturated heterocycles. The Morgan fingerprint density at radius 1 is 0.355 bits per heavy atom. The number of fused-ring (bicyclic) bond motifs is 10. The molecule has 76 heavy (non-hydrogen) atoms. The van der Waals surface area contributed by atoms with Crippen LogP contribution in [0.15, 0.2) is 243 Å². The fourth-order valence-corrected chi connectivity index (χ4v) is 11.8. The van der Waals surface area contributed by atoms with Gasteiger partial charge in [0.25, 0.3) is 0 Å². The molecule has 6 heteroatoms. The number of benzene rings is 11. The number of nitrogens with zero attached hydrogens (tertiary/aromatic N) is 6. The topological polar surface area (TPSA) is 63.8 Å². The molecule has 4 aromatic heterocycles. The fraction of sp³-hybridized carbons (Fsp3) is 0. The van der Waals surface area contributed by atoms with E-state index in [9.17, 15) is 5.26 Å². The number of hydrogen-bond acceptors (Lipinski definition) is 3. The van der Waals surface area contributed by atoms with E-state index in [2.05, 4.69) is 226 Å². The lowest BCUT2D eigenvalue weighted by Crippen LogP contribution is -1.96. The second-order valence-corrected chi connectivity index (χ2v) is 19.5. The van der Waals surface area contributed by atoms with Crippen LogP contribution in [0.2, 0.25) is 0 Å². The largest absolute Gasteiger partial charge is 0.309 e. The summed E-state index contributed by atoms with van der Waals surface area (Å²) in [6, 6.07) is 87.7. The van der Waals surface area contributed by atoms with Crippen LogP contribution in [0.4, 0.5) is 5.69 Å². The Morgan fingerprint density at radius 2 is 0.763 bits per heavy atom. The lowest BCUT2D eigenvalue weighted by atomic mass is 9.85. The van der Waals surface area contributed by atoms with Gasteiger partial charge in [-0.05, 0) is 164 Å². The van der Waals surface area contributed by atoms with Crippen molar-refractivity contribution in [2.24, 2.45) is 0 Å². The highest BCUT2D eigenvalue weighted by Gasteiger charge is 2.22. The molecule has 0 spiro atoms. The number of rotatable bonds is 6. The third-order valence-electron chi connectivity index (χ3n) is 15.3. The van der Waals surface area contributed by atoms with Crippen molar-refractivity contribution in [2.45, 2.75) is 0 Å². The van der Waals surface area contributed by atoms with Crippen LogP contribution in [0.1, 0.15) is 5.56 Å². The van der Waals surface area contributed by atoms with Crippen molar-refractivity contribution in [3.63, 3.8) is 0 Å². The molecule has 4 heterocycles. The van der Waals surface area contributed by atoms with Crippen LogP contribution in [-0.2, 0) is 0 Å². The van der Waals surface area contributed by atoms with Crippen molar-refractivity contribution in [1.82, 2.24) is 19.1 Å². The molecular formula is C70H40N6. The molecule has 6 nitrogen and oxygen atoms in total. The molecule has 0 fully saturated rings. The molecular weight excluding hydrogens is 925 g/mol. The van der Waals surface area contributed by atoms with Crippen LogP contribution >= 0.6 is 0 Å². The third kappa shape index (κ3) is 6.72. The van der Waals surface area contributed by atoms with Gasteiger partial charge in [0.1, 0.15) is 0 Å². The zero-order valence-corrected chi connectivity index (χ0v) is 40.8. The fourth-order valence-electron chi connectivity index (χ4n) is 11.8. The van der Waals surface area contributed by atoms with Crippen LogP contribution in [0, 0.1) is 17.9 Å². The van der Waals surface area contributed by atoms with Crippen LogP contribution in [0.5, 0.6) is 0 Å². The average Bonchev–Trinajstić information content (AvgIpc) is 4.07. The zero-order valence-electron chi connectivity index (χ0n) is 40.8. The van der Waals surface area contributed by atoms with Gasteiger partial charge in [0.15, 0.2) is 5.69 Å². The molecule has 11 aromatic carbocycles. The first kappa shape index (κ1) is 43.0. The Balaban J connectivity index is 1.01. The molecule has 0 aliphatic heterocycles. The Morgan fingerprint density at radius 3 is 1.25 bits per heavy atom. The smallest absolute Gasteiger partial charge is 0.188 e. The van der Waals surface area contributed by atoms with Gasteiger partial charge in [0, 0.05) is 49.4 Å². The van der Waals surface area contributed by atoms with E-state index in [1.54, 1.807) is 0 Å². The summed E-state index contributed by atoms with van der Waals surface area (Å²) in [5.74, 6) is 0. The highest BCUT2D eigenvalue weighted by Crippen LogP contribution is 2.47. The molecule has 15 rings (SSSR count). The van der Waals surface area contributed by atoms with Gasteiger partial charge in [-0.25, -0.2) is 14.8 Å². The molecule has 0 aliphatic carbocycles. The molecule has 0 bridgehead atoms. The summed E-state index contributed by atoms with van der Waals surface area (Å²) in [6.07, 6.45) is 0. The van der Waals surface area contributed by atoms with E-state index in [-0.39, 0.29) is 0 Å². The van der Waals surface area contributed by atoms with Gasteiger partial charge in [-0.15, -0.1) is 0 Å². The van der Waals surface area contributed by atoms with E-state index in [0.717, 1.165) is 143 Å². The van der Waals surface area contributed by atoms with Crippen molar-refractivity contribution < 1.29 is 0 Å². The molecule has 0 unspecified atom stereocenters. The van der Waals surface area contributed by atoms with E-state index >= 15 is 0 Å². The normalized spacial score (nSPS) is 11.7. The number of pyridine rings is 2. The van der Waals surface area contributed by atoms with Crippen molar-refractivity contribution in [1.29, 1.82) is 5.26 Å². The summed E-state index contributed by atoms with van der Waals surface area (Å²) in [7, 11) is 0. The minimum Gasteiger partial charge on any atom is -0.309 e. The maximum atomic E-state index is 10.1. The molecule has 0 saturated carbocycles. The van der Waals surface area contributed by atoms with Crippen molar-refractivity contribution in [3.05, 3.63) is 260 Å². The first-order chi connectivity index (χ1) is 37.6. The Kier molecular flexibility index (Phi) is 9.59.